The number of rotatable bonds is 6. The summed E-state index contributed by atoms with van der Waals surface area (Å²) in [7, 11) is 1.93. The van der Waals surface area contributed by atoms with E-state index in [9.17, 15) is 4.79 Å². The van der Waals surface area contributed by atoms with E-state index in [0.29, 0.717) is 12.5 Å². The van der Waals surface area contributed by atoms with Gasteiger partial charge >= 0.3 is 0 Å². The number of carbonyl (C=O) groups excluding carboxylic acids is 1. The zero-order valence-electron chi connectivity index (χ0n) is 13.4. The van der Waals surface area contributed by atoms with Crippen LogP contribution in [-0.2, 0) is 4.79 Å². The van der Waals surface area contributed by atoms with Gasteiger partial charge in [-0.05, 0) is 30.6 Å². The maximum atomic E-state index is 12.4. The third-order valence-corrected chi connectivity index (χ3v) is 5.56. The highest BCUT2D eigenvalue weighted by Crippen LogP contribution is 2.32. The molecule has 124 valence electrons. The molecule has 0 aromatic heterocycles. The van der Waals surface area contributed by atoms with Crippen molar-refractivity contribution < 1.29 is 4.79 Å². The molecule has 0 saturated heterocycles. The van der Waals surface area contributed by atoms with Crippen molar-refractivity contribution >= 4 is 30.1 Å². The molecular weight excluding hydrogens is 316 g/mol. The minimum atomic E-state index is -0.205. The molecule has 1 fully saturated rings. The Kier molecular flexibility index (Phi) is 8.29. The highest BCUT2D eigenvalue weighted by atomic mass is 35.5. The van der Waals surface area contributed by atoms with E-state index in [0.717, 1.165) is 29.4 Å². The fourth-order valence-electron chi connectivity index (χ4n) is 3.01. The SMILES string of the molecule is CCSC1CCC(N(C)C(=O)CC(N)c2ccccc2)C1.Cl. The number of thioether (sulfide) groups is 1. The lowest BCUT2D eigenvalue weighted by Gasteiger charge is -2.26. The number of amides is 1. The summed E-state index contributed by atoms with van der Waals surface area (Å²) < 4.78 is 0. The Morgan fingerprint density at radius 2 is 2.05 bits per heavy atom. The predicted molar refractivity (Wildman–Crippen MR) is 97.6 cm³/mol. The zero-order chi connectivity index (χ0) is 15.2. The van der Waals surface area contributed by atoms with E-state index in [2.05, 4.69) is 6.92 Å². The molecule has 1 aliphatic rings. The Labute approximate surface area is 144 Å². The van der Waals surface area contributed by atoms with Gasteiger partial charge in [0, 0.05) is 30.8 Å². The largest absolute Gasteiger partial charge is 0.343 e. The van der Waals surface area contributed by atoms with Crippen LogP contribution in [0.15, 0.2) is 30.3 Å². The number of halogens is 1. The molecule has 0 bridgehead atoms. The van der Waals surface area contributed by atoms with Crippen LogP contribution in [-0.4, -0.2) is 34.9 Å². The second kappa shape index (κ2) is 9.43. The van der Waals surface area contributed by atoms with E-state index in [1.165, 1.54) is 6.42 Å². The first kappa shape index (κ1) is 19.3. The number of benzene rings is 1. The minimum absolute atomic E-state index is 0. The van der Waals surface area contributed by atoms with Crippen molar-refractivity contribution in [2.45, 2.75) is 49.9 Å². The molecule has 0 aliphatic heterocycles. The summed E-state index contributed by atoms with van der Waals surface area (Å²) in [6, 6.07) is 10.1. The van der Waals surface area contributed by atoms with Gasteiger partial charge in [0.1, 0.15) is 0 Å². The lowest BCUT2D eigenvalue weighted by atomic mass is 10.0. The molecule has 1 aromatic carbocycles. The van der Waals surface area contributed by atoms with Crippen LogP contribution in [0.3, 0.4) is 0 Å². The summed E-state index contributed by atoms with van der Waals surface area (Å²) in [5.74, 6) is 1.33. The van der Waals surface area contributed by atoms with Crippen LogP contribution in [0.1, 0.15) is 44.2 Å². The second-order valence-corrected chi connectivity index (χ2v) is 7.35. The van der Waals surface area contributed by atoms with Crippen molar-refractivity contribution in [2.24, 2.45) is 5.73 Å². The summed E-state index contributed by atoms with van der Waals surface area (Å²) in [5, 5.41) is 0.720. The Morgan fingerprint density at radius 3 is 2.68 bits per heavy atom. The highest BCUT2D eigenvalue weighted by molar-refractivity contribution is 7.99. The first-order valence-electron chi connectivity index (χ1n) is 7.79. The van der Waals surface area contributed by atoms with Crippen LogP contribution >= 0.6 is 24.2 Å². The van der Waals surface area contributed by atoms with Crippen molar-refractivity contribution in [2.75, 3.05) is 12.8 Å². The van der Waals surface area contributed by atoms with E-state index in [1.54, 1.807) is 0 Å². The number of hydrogen-bond acceptors (Lipinski definition) is 3. The fraction of sp³-hybridized carbons (Fsp3) is 0.588. The summed E-state index contributed by atoms with van der Waals surface area (Å²) >= 11 is 2.02. The van der Waals surface area contributed by atoms with E-state index in [4.69, 9.17) is 5.73 Å². The summed E-state index contributed by atoms with van der Waals surface area (Å²) in [6.07, 6.45) is 3.87. The summed E-state index contributed by atoms with van der Waals surface area (Å²) in [5.41, 5.74) is 7.19. The predicted octanol–water partition coefficient (Wildman–Crippen LogP) is 3.63. The van der Waals surface area contributed by atoms with E-state index in [1.807, 2.05) is 54.0 Å². The molecule has 5 heteroatoms. The number of hydrogen-bond donors (Lipinski definition) is 1. The van der Waals surface area contributed by atoms with E-state index in [-0.39, 0.29) is 24.4 Å². The topological polar surface area (TPSA) is 46.3 Å². The lowest BCUT2D eigenvalue weighted by Crippen LogP contribution is -2.37. The molecule has 3 atom stereocenters. The second-order valence-electron chi connectivity index (χ2n) is 5.77. The van der Waals surface area contributed by atoms with Gasteiger partial charge in [-0.25, -0.2) is 0 Å². The normalized spacial score (nSPS) is 22.0. The molecule has 22 heavy (non-hydrogen) atoms. The molecule has 0 spiro atoms. The Bertz CT molecular complexity index is 457. The molecule has 1 amide bonds. The maximum Gasteiger partial charge on any atom is 0.224 e. The monoisotopic (exact) mass is 342 g/mol. The maximum absolute atomic E-state index is 12.4. The average Bonchev–Trinajstić information content (AvgIpc) is 2.96. The van der Waals surface area contributed by atoms with Crippen molar-refractivity contribution in [1.82, 2.24) is 4.90 Å². The summed E-state index contributed by atoms with van der Waals surface area (Å²) in [6.45, 7) is 2.20. The summed E-state index contributed by atoms with van der Waals surface area (Å²) in [4.78, 5) is 14.3. The van der Waals surface area contributed by atoms with Crippen LogP contribution in [0.25, 0.3) is 0 Å². The molecule has 1 aliphatic carbocycles. The van der Waals surface area contributed by atoms with Crippen molar-refractivity contribution in [3.8, 4) is 0 Å². The lowest BCUT2D eigenvalue weighted by molar-refractivity contribution is -0.132. The van der Waals surface area contributed by atoms with Gasteiger partial charge in [0.15, 0.2) is 0 Å². The van der Waals surface area contributed by atoms with Gasteiger partial charge in [0.25, 0.3) is 0 Å². The zero-order valence-corrected chi connectivity index (χ0v) is 15.0. The Morgan fingerprint density at radius 1 is 1.36 bits per heavy atom. The Balaban J connectivity index is 0.00000242. The van der Waals surface area contributed by atoms with Gasteiger partial charge < -0.3 is 10.6 Å². The average molecular weight is 343 g/mol. The van der Waals surface area contributed by atoms with Gasteiger partial charge in [-0.3, -0.25) is 4.79 Å². The number of carbonyl (C=O) groups is 1. The molecule has 0 radical (unpaired) electrons. The van der Waals surface area contributed by atoms with E-state index < -0.39 is 0 Å². The van der Waals surface area contributed by atoms with Crippen LogP contribution in [0.4, 0.5) is 0 Å². The first-order chi connectivity index (χ1) is 10.1. The minimum Gasteiger partial charge on any atom is -0.343 e. The highest BCUT2D eigenvalue weighted by Gasteiger charge is 2.30. The smallest absolute Gasteiger partial charge is 0.224 e. The van der Waals surface area contributed by atoms with Crippen LogP contribution in [0, 0.1) is 0 Å². The van der Waals surface area contributed by atoms with E-state index >= 15 is 0 Å². The van der Waals surface area contributed by atoms with Gasteiger partial charge in [0.05, 0.1) is 0 Å². The number of nitrogens with zero attached hydrogens (tertiary/aromatic N) is 1. The first-order valence-corrected chi connectivity index (χ1v) is 8.84. The Hall–Kier alpha value is -0.710. The molecule has 3 nitrogen and oxygen atoms in total. The van der Waals surface area contributed by atoms with Gasteiger partial charge in [-0.2, -0.15) is 11.8 Å². The van der Waals surface area contributed by atoms with Crippen LogP contribution in [0.5, 0.6) is 0 Å². The molecule has 0 heterocycles. The van der Waals surface area contributed by atoms with Gasteiger partial charge in [-0.15, -0.1) is 12.4 Å². The quantitative estimate of drug-likeness (QED) is 0.858. The van der Waals surface area contributed by atoms with Crippen LogP contribution < -0.4 is 5.73 Å². The van der Waals surface area contributed by atoms with Gasteiger partial charge in [-0.1, -0.05) is 37.3 Å². The third-order valence-electron chi connectivity index (χ3n) is 4.32. The molecule has 1 aromatic rings. The number of nitrogens with two attached hydrogens (primary N) is 1. The fourth-order valence-corrected chi connectivity index (χ4v) is 4.14. The third kappa shape index (κ3) is 5.18. The van der Waals surface area contributed by atoms with Crippen molar-refractivity contribution in [3.05, 3.63) is 35.9 Å². The molecular formula is C17H27ClN2OS. The van der Waals surface area contributed by atoms with Crippen molar-refractivity contribution in [1.29, 1.82) is 0 Å². The molecule has 1 saturated carbocycles. The standard InChI is InChI=1S/C17H26N2OS.ClH/c1-3-21-15-10-9-14(11-15)19(2)17(20)12-16(18)13-7-5-4-6-8-13;/h4-8,14-16H,3,9-12,18H2,1-2H3;1H. The molecule has 2 rings (SSSR count). The molecule has 2 N–H and O–H groups in total. The van der Waals surface area contributed by atoms with Crippen LogP contribution in [0.2, 0.25) is 0 Å². The van der Waals surface area contributed by atoms with Crippen molar-refractivity contribution in [3.63, 3.8) is 0 Å². The molecule has 3 unspecified atom stereocenters. The van der Waals surface area contributed by atoms with Gasteiger partial charge in [0.2, 0.25) is 5.91 Å².